The van der Waals surface area contributed by atoms with Gasteiger partial charge in [0.05, 0.1) is 10.8 Å². The van der Waals surface area contributed by atoms with E-state index in [-0.39, 0.29) is 29.9 Å². The molecule has 4 rings (SSSR count). The molecule has 1 aliphatic heterocycles. The van der Waals surface area contributed by atoms with Gasteiger partial charge >= 0.3 is 0 Å². The number of carbonyl (C=O) groups excluding carboxylic acids is 2. The number of amides is 2. The molecule has 3 aromatic rings. The lowest BCUT2D eigenvalue weighted by atomic mass is 10.0. The zero-order valence-corrected chi connectivity index (χ0v) is 19.0. The van der Waals surface area contributed by atoms with E-state index in [1.165, 1.54) is 23.9 Å². The molecular weight excluding hydrogens is 429 g/mol. The van der Waals surface area contributed by atoms with E-state index in [1.807, 2.05) is 31.3 Å². The Morgan fingerprint density at radius 2 is 1.97 bits per heavy atom. The summed E-state index contributed by atoms with van der Waals surface area (Å²) in [7, 11) is 3.59. The molecule has 168 valence electrons. The molecule has 32 heavy (non-hydrogen) atoms. The van der Waals surface area contributed by atoms with Gasteiger partial charge in [-0.15, -0.1) is 0 Å². The number of aryl methyl sites for hydroxylation is 1. The number of thioether (sulfide) groups is 1. The number of carbonyl (C=O) groups is 2. The van der Waals surface area contributed by atoms with Crippen molar-refractivity contribution in [1.29, 1.82) is 0 Å². The summed E-state index contributed by atoms with van der Waals surface area (Å²) in [5.74, 6) is -0.379. The lowest BCUT2D eigenvalue weighted by Gasteiger charge is -2.29. The fourth-order valence-electron chi connectivity index (χ4n) is 4.14. The van der Waals surface area contributed by atoms with Gasteiger partial charge in [-0.2, -0.15) is 0 Å². The van der Waals surface area contributed by atoms with E-state index in [0.717, 1.165) is 27.1 Å². The first kappa shape index (κ1) is 22.4. The molecule has 2 aromatic carbocycles. The summed E-state index contributed by atoms with van der Waals surface area (Å²) in [5.41, 5.74) is 2.67. The van der Waals surface area contributed by atoms with Crippen LogP contribution in [0.2, 0.25) is 0 Å². The van der Waals surface area contributed by atoms with E-state index in [1.54, 1.807) is 24.1 Å². The number of rotatable bonds is 7. The summed E-state index contributed by atoms with van der Waals surface area (Å²) in [6.07, 6.45) is 0.634. The summed E-state index contributed by atoms with van der Waals surface area (Å²) in [6, 6.07) is 13.2. The number of halogens is 1. The van der Waals surface area contributed by atoms with E-state index in [4.69, 9.17) is 4.74 Å². The maximum Gasteiger partial charge on any atom is 0.247 e. The van der Waals surface area contributed by atoms with Crippen LogP contribution in [-0.2, 0) is 27.9 Å². The van der Waals surface area contributed by atoms with E-state index in [2.05, 4.69) is 9.88 Å². The molecule has 0 unspecified atom stereocenters. The highest BCUT2D eigenvalue weighted by molar-refractivity contribution is 8.00. The van der Waals surface area contributed by atoms with Gasteiger partial charge in [0, 0.05) is 50.3 Å². The lowest BCUT2D eigenvalue weighted by Crippen LogP contribution is -2.44. The average molecular weight is 456 g/mol. The molecule has 6 nitrogen and oxygen atoms in total. The molecule has 2 amide bonds. The second-order valence-electron chi connectivity index (χ2n) is 7.76. The highest BCUT2D eigenvalue weighted by atomic mass is 32.2. The Hall–Kier alpha value is -2.84. The van der Waals surface area contributed by atoms with E-state index in [9.17, 15) is 14.0 Å². The zero-order chi connectivity index (χ0) is 22.7. The third-order valence-electron chi connectivity index (χ3n) is 5.70. The zero-order valence-electron chi connectivity index (χ0n) is 18.1. The quantitative estimate of drug-likeness (QED) is 0.553. The van der Waals surface area contributed by atoms with Crippen LogP contribution >= 0.6 is 11.8 Å². The van der Waals surface area contributed by atoms with Gasteiger partial charge in [0.1, 0.15) is 11.9 Å². The van der Waals surface area contributed by atoms with Crippen LogP contribution in [0.1, 0.15) is 23.6 Å². The second kappa shape index (κ2) is 9.75. The number of para-hydroxylation sites is 1. The van der Waals surface area contributed by atoms with Crippen LogP contribution in [0.5, 0.6) is 0 Å². The Balaban J connectivity index is 1.72. The van der Waals surface area contributed by atoms with Crippen LogP contribution in [0.15, 0.2) is 53.6 Å². The SMILES string of the molecule is COCCCN1C(=O)CSc2c(c3ccccc3n2C)[C@H]1C(=O)NCc1ccc(F)cc1. The number of aromatic nitrogens is 1. The smallest absolute Gasteiger partial charge is 0.247 e. The molecule has 0 saturated heterocycles. The molecule has 0 fully saturated rings. The molecule has 1 aliphatic rings. The number of hydrogen-bond acceptors (Lipinski definition) is 4. The van der Waals surface area contributed by atoms with Crippen molar-refractivity contribution in [2.45, 2.75) is 24.0 Å². The van der Waals surface area contributed by atoms with Gasteiger partial charge in [-0.25, -0.2) is 4.39 Å². The van der Waals surface area contributed by atoms with Gasteiger partial charge < -0.3 is 19.5 Å². The van der Waals surface area contributed by atoms with Gasteiger partial charge in [0.2, 0.25) is 11.8 Å². The first-order valence-electron chi connectivity index (χ1n) is 10.5. The number of nitrogens with one attached hydrogen (secondary N) is 1. The topological polar surface area (TPSA) is 63.6 Å². The highest BCUT2D eigenvalue weighted by Crippen LogP contribution is 2.41. The first-order chi connectivity index (χ1) is 15.5. The first-order valence-corrected chi connectivity index (χ1v) is 11.5. The number of benzene rings is 2. The second-order valence-corrected chi connectivity index (χ2v) is 8.73. The van der Waals surface area contributed by atoms with Crippen molar-refractivity contribution >= 4 is 34.5 Å². The number of nitrogens with zero attached hydrogens (tertiary/aromatic N) is 2. The molecule has 1 N–H and O–H groups in total. The molecule has 0 aliphatic carbocycles. The largest absolute Gasteiger partial charge is 0.385 e. The van der Waals surface area contributed by atoms with Crippen molar-refractivity contribution in [2.75, 3.05) is 26.0 Å². The van der Waals surface area contributed by atoms with Crippen molar-refractivity contribution in [2.24, 2.45) is 7.05 Å². The number of methoxy groups -OCH3 is 1. The van der Waals surface area contributed by atoms with Gasteiger partial charge in [-0.1, -0.05) is 42.1 Å². The number of ether oxygens (including phenoxy) is 1. The molecule has 1 aromatic heterocycles. The molecule has 0 saturated carbocycles. The third kappa shape index (κ3) is 4.38. The Morgan fingerprint density at radius 3 is 2.72 bits per heavy atom. The van der Waals surface area contributed by atoms with Crippen molar-refractivity contribution in [3.8, 4) is 0 Å². The Labute approximate surface area is 190 Å². The maximum atomic E-state index is 13.6. The van der Waals surface area contributed by atoms with Crippen LogP contribution in [0, 0.1) is 5.82 Å². The Kier molecular flexibility index (Phi) is 6.81. The summed E-state index contributed by atoms with van der Waals surface area (Å²) in [5, 5.41) is 4.86. The molecular formula is C24H26FN3O3S. The minimum absolute atomic E-state index is 0.0756. The van der Waals surface area contributed by atoms with E-state index < -0.39 is 6.04 Å². The van der Waals surface area contributed by atoms with Crippen LogP contribution in [0.4, 0.5) is 4.39 Å². The fourth-order valence-corrected chi connectivity index (χ4v) is 5.24. The summed E-state index contributed by atoms with van der Waals surface area (Å²) < 4.78 is 20.5. The van der Waals surface area contributed by atoms with Crippen molar-refractivity contribution in [3.05, 3.63) is 65.5 Å². The normalized spacial score (nSPS) is 16.2. The summed E-state index contributed by atoms with van der Waals surface area (Å²) >= 11 is 1.47. The lowest BCUT2D eigenvalue weighted by molar-refractivity contribution is -0.139. The highest BCUT2D eigenvalue weighted by Gasteiger charge is 2.38. The van der Waals surface area contributed by atoms with E-state index >= 15 is 0 Å². The maximum absolute atomic E-state index is 13.6. The molecule has 2 heterocycles. The summed E-state index contributed by atoms with van der Waals surface area (Å²) in [6.45, 7) is 1.18. The fraction of sp³-hybridized carbons (Fsp3) is 0.333. The third-order valence-corrected chi connectivity index (χ3v) is 6.86. The number of hydrogen-bond donors (Lipinski definition) is 1. The monoisotopic (exact) mass is 455 g/mol. The molecule has 0 spiro atoms. The van der Waals surface area contributed by atoms with Gasteiger partial charge in [0.15, 0.2) is 0 Å². The van der Waals surface area contributed by atoms with Crippen molar-refractivity contribution in [3.63, 3.8) is 0 Å². The number of fused-ring (bicyclic) bond motifs is 3. The van der Waals surface area contributed by atoms with E-state index in [0.29, 0.717) is 19.6 Å². The predicted octanol–water partition coefficient (Wildman–Crippen LogP) is 3.65. The van der Waals surface area contributed by atoms with Crippen LogP contribution in [-0.4, -0.2) is 47.3 Å². The van der Waals surface area contributed by atoms with Crippen LogP contribution in [0.25, 0.3) is 10.9 Å². The Morgan fingerprint density at radius 1 is 1.22 bits per heavy atom. The summed E-state index contributed by atoms with van der Waals surface area (Å²) in [4.78, 5) is 28.3. The average Bonchev–Trinajstić information content (AvgIpc) is 2.98. The van der Waals surface area contributed by atoms with Gasteiger partial charge in [-0.05, 0) is 30.2 Å². The molecule has 8 heteroatoms. The Bertz CT molecular complexity index is 1130. The van der Waals surface area contributed by atoms with Crippen LogP contribution < -0.4 is 5.32 Å². The minimum atomic E-state index is -0.754. The standard InChI is InChI=1S/C24H26FN3O3S/c1-27-19-7-4-3-6-18(19)21-22(23(30)26-14-16-8-10-17(25)11-9-16)28(12-5-13-31-2)20(29)15-32-24(21)27/h3-4,6-11,22H,5,12-15H2,1-2H3,(H,26,30)/t22-/m0/s1. The molecule has 0 bridgehead atoms. The van der Waals surface area contributed by atoms with Gasteiger partial charge in [0.25, 0.3) is 0 Å². The molecule has 1 atom stereocenters. The molecule has 0 radical (unpaired) electrons. The predicted molar refractivity (Wildman–Crippen MR) is 123 cm³/mol. The van der Waals surface area contributed by atoms with Gasteiger partial charge in [-0.3, -0.25) is 9.59 Å². The van der Waals surface area contributed by atoms with Crippen LogP contribution in [0.3, 0.4) is 0 Å². The van der Waals surface area contributed by atoms with Crippen molar-refractivity contribution < 1.29 is 18.7 Å². The van der Waals surface area contributed by atoms with Crippen molar-refractivity contribution in [1.82, 2.24) is 14.8 Å². The minimum Gasteiger partial charge on any atom is -0.385 e.